The summed E-state index contributed by atoms with van der Waals surface area (Å²) < 4.78 is 1.81. The maximum Gasteiger partial charge on any atom is 0.245 e. The minimum Gasteiger partial charge on any atom is -0.333 e. The highest BCUT2D eigenvalue weighted by Gasteiger charge is 2.23. The molecule has 6 heteroatoms. The molecule has 0 saturated carbocycles. The zero-order chi connectivity index (χ0) is 25.9. The monoisotopic (exact) mass is 488 g/mol. The van der Waals surface area contributed by atoms with Gasteiger partial charge >= 0.3 is 0 Å². The number of nitrogens with one attached hydrogen (secondary N) is 1. The van der Waals surface area contributed by atoms with Gasteiger partial charge in [0.25, 0.3) is 0 Å². The van der Waals surface area contributed by atoms with Crippen molar-refractivity contribution in [1.82, 2.24) is 14.7 Å². The molecule has 192 valence electrons. The fraction of sp³-hybridized carbons (Fsp3) is 0.433. The molecule has 0 fully saturated rings. The van der Waals surface area contributed by atoms with Crippen LogP contribution in [-0.4, -0.2) is 39.6 Å². The predicted octanol–water partition coefficient (Wildman–Crippen LogP) is 6.69. The maximum absolute atomic E-state index is 13.4. The van der Waals surface area contributed by atoms with E-state index in [-0.39, 0.29) is 18.4 Å². The van der Waals surface area contributed by atoms with Gasteiger partial charge in [-0.3, -0.25) is 9.59 Å². The normalized spacial score (nSPS) is 10.9. The van der Waals surface area contributed by atoms with Crippen LogP contribution in [0.25, 0.3) is 16.8 Å². The lowest BCUT2D eigenvalue weighted by Gasteiger charge is -2.22. The van der Waals surface area contributed by atoms with Crippen LogP contribution in [0.1, 0.15) is 70.1 Å². The van der Waals surface area contributed by atoms with Gasteiger partial charge in [-0.1, -0.05) is 88.1 Å². The van der Waals surface area contributed by atoms with E-state index in [4.69, 9.17) is 5.10 Å². The van der Waals surface area contributed by atoms with Crippen molar-refractivity contribution < 1.29 is 9.59 Å². The lowest BCUT2D eigenvalue weighted by atomic mass is 10.1. The van der Waals surface area contributed by atoms with Crippen LogP contribution in [0, 0.1) is 13.8 Å². The third kappa shape index (κ3) is 7.06. The number of carbonyl (C=O) groups is 2. The fourth-order valence-electron chi connectivity index (χ4n) is 4.42. The van der Waals surface area contributed by atoms with Crippen LogP contribution in [-0.2, 0) is 9.59 Å². The highest BCUT2D eigenvalue weighted by molar-refractivity contribution is 5.98. The summed E-state index contributed by atoms with van der Waals surface area (Å²) in [5.41, 5.74) is 4.67. The maximum atomic E-state index is 13.4. The molecule has 0 aliphatic carbocycles. The molecule has 1 N–H and O–H groups in total. The Kier molecular flexibility index (Phi) is 10.3. The number of carbonyl (C=O) groups excluding carboxylic acids is 2. The van der Waals surface area contributed by atoms with Crippen molar-refractivity contribution in [2.45, 2.75) is 72.6 Å². The minimum atomic E-state index is -0.208. The summed E-state index contributed by atoms with van der Waals surface area (Å²) in [6.45, 7) is 8.88. The van der Waals surface area contributed by atoms with E-state index in [2.05, 4.69) is 19.2 Å². The van der Waals surface area contributed by atoms with E-state index in [9.17, 15) is 9.59 Å². The highest BCUT2D eigenvalue weighted by atomic mass is 16.2. The number of nitrogens with zero attached hydrogens (tertiary/aromatic N) is 3. The van der Waals surface area contributed by atoms with Crippen molar-refractivity contribution >= 4 is 17.6 Å². The van der Waals surface area contributed by atoms with E-state index in [0.717, 1.165) is 66.6 Å². The summed E-state index contributed by atoms with van der Waals surface area (Å²) in [5, 5.41) is 7.94. The van der Waals surface area contributed by atoms with Gasteiger partial charge in [-0.25, -0.2) is 4.68 Å². The van der Waals surface area contributed by atoms with Gasteiger partial charge in [0.15, 0.2) is 0 Å². The van der Waals surface area contributed by atoms with Crippen LogP contribution in [0.15, 0.2) is 54.6 Å². The number of rotatable bonds is 13. The van der Waals surface area contributed by atoms with Crippen molar-refractivity contribution in [3.63, 3.8) is 0 Å². The van der Waals surface area contributed by atoms with Crippen LogP contribution in [0.3, 0.4) is 0 Å². The number of aryl methyl sites for hydroxylation is 2. The van der Waals surface area contributed by atoms with Crippen molar-refractivity contribution in [2.24, 2.45) is 0 Å². The van der Waals surface area contributed by atoms with Gasteiger partial charge in [-0.05, 0) is 43.9 Å². The summed E-state index contributed by atoms with van der Waals surface area (Å²) in [5.74, 6) is 0.477. The van der Waals surface area contributed by atoms with Crippen LogP contribution in [0.2, 0.25) is 0 Å². The smallest absolute Gasteiger partial charge is 0.245 e. The third-order valence-electron chi connectivity index (χ3n) is 6.44. The molecule has 0 bridgehead atoms. The second kappa shape index (κ2) is 13.6. The van der Waals surface area contributed by atoms with Crippen molar-refractivity contribution in [3.05, 3.63) is 65.9 Å². The molecule has 2 amide bonds. The lowest BCUT2D eigenvalue weighted by Crippen LogP contribution is -2.38. The van der Waals surface area contributed by atoms with Gasteiger partial charge in [0, 0.05) is 18.5 Å². The predicted molar refractivity (Wildman–Crippen MR) is 147 cm³/mol. The van der Waals surface area contributed by atoms with Gasteiger partial charge in [0.05, 0.1) is 17.9 Å². The first-order valence-electron chi connectivity index (χ1n) is 13.2. The zero-order valence-electron chi connectivity index (χ0n) is 22.2. The second-order valence-corrected chi connectivity index (χ2v) is 9.40. The van der Waals surface area contributed by atoms with Crippen molar-refractivity contribution in [1.29, 1.82) is 0 Å². The van der Waals surface area contributed by atoms with E-state index >= 15 is 0 Å². The summed E-state index contributed by atoms with van der Waals surface area (Å²) in [6, 6.07) is 18.0. The Morgan fingerprint density at radius 3 is 2.28 bits per heavy atom. The highest BCUT2D eigenvalue weighted by Crippen LogP contribution is 2.34. The van der Waals surface area contributed by atoms with Gasteiger partial charge in [0.2, 0.25) is 11.8 Å². The molecule has 0 saturated heterocycles. The number of aromatic nitrogens is 2. The number of benzene rings is 2. The van der Waals surface area contributed by atoms with Crippen molar-refractivity contribution in [2.75, 3.05) is 18.4 Å². The van der Waals surface area contributed by atoms with Crippen molar-refractivity contribution in [3.8, 4) is 16.8 Å². The molecule has 3 rings (SSSR count). The lowest BCUT2D eigenvalue weighted by molar-refractivity contribution is -0.134. The van der Waals surface area contributed by atoms with Crippen LogP contribution in [0.5, 0.6) is 0 Å². The summed E-state index contributed by atoms with van der Waals surface area (Å²) in [7, 11) is 0. The first kappa shape index (κ1) is 27.2. The summed E-state index contributed by atoms with van der Waals surface area (Å²) >= 11 is 0. The zero-order valence-corrected chi connectivity index (χ0v) is 22.2. The van der Waals surface area contributed by atoms with Gasteiger partial charge < -0.3 is 10.2 Å². The molecule has 1 aromatic heterocycles. The van der Waals surface area contributed by atoms with Gasteiger partial charge in [-0.15, -0.1) is 0 Å². The molecular weight excluding hydrogens is 448 g/mol. The minimum absolute atomic E-state index is 0.0405. The molecule has 0 unspecified atom stereocenters. The molecule has 0 radical (unpaired) electrons. The SMILES string of the molecule is CCCCCCC(=O)N(CCCC)CC(=O)Nc1c(-c2ccccc2)c(C)nn1-c1ccccc1C. The van der Waals surface area contributed by atoms with E-state index in [1.54, 1.807) is 4.90 Å². The number of amides is 2. The molecule has 0 aliphatic rings. The molecule has 1 heterocycles. The Morgan fingerprint density at radius 1 is 0.889 bits per heavy atom. The summed E-state index contributed by atoms with van der Waals surface area (Å²) in [4.78, 5) is 28.1. The number of anilines is 1. The van der Waals surface area contributed by atoms with E-state index in [0.29, 0.717) is 18.8 Å². The number of para-hydroxylation sites is 1. The molecule has 0 spiro atoms. The molecule has 0 aliphatic heterocycles. The molecule has 0 atom stereocenters. The topological polar surface area (TPSA) is 67.2 Å². The summed E-state index contributed by atoms with van der Waals surface area (Å²) in [6.07, 6.45) is 6.52. The van der Waals surface area contributed by atoms with Crippen LogP contribution in [0.4, 0.5) is 5.82 Å². The average Bonchev–Trinajstić information content (AvgIpc) is 3.20. The standard InChI is InChI=1S/C30H40N4O2/c1-5-7-9-13-20-28(36)33(21-8-6-2)22-27(35)31-30-29(25-17-11-10-12-18-25)24(4)32-34(30)26-19-15-14-16-23(26)3/h10-12,14-19H,5-9,13,20-22H2,1-4H3,(H,31,35). The Labute approximate surface area is 215 Å². The Hall–Kier alpha value is -3.41. The van der Waals surface area contributed by atoms with E-state index < -0.39 is 0 Å². The first-order chi connectivity index (χ1) is 17.5. The Bertz CT molecular complexity index is 1140. The quantitative estimate of drug-likeness (QED) is 0.272. The fourth-order valence-corrected chi connectivity index (χ4v) is 4.42. The van der Waals surface area contributed by atoms with E-state index in [1.165, 1.54) is 0 Å². The Balaban J connectivity index is 1.89. The van der Waals surface area contributed by atoms with Gasteiger partial charge in [-0.2, -0.15) is 5.10 Å². The molecule has 6 nitrogen and oxygen atoms in total. The molecular formula is C30H40N4O2. The average molecular weight is 489 g/mol. The third-order valence-corrected chi connectivity index (χ3v) is 6.44. The molecule has 3 aromatic rings. The van der Waals surface area contributed by atoms with Crippen LogP contribution >= 0.6 is 0 Å². The van der Waals surface area contributed by atoms with Gasteiger partial charge in [0.1, 0.15) is 5.82 Å². The van der Waals surface area contributed by atoms with E-state index in [1.807, 2.05) is 73.1 Å². The second-order valence-electron chi connectivity index (χ2n) is 9.40. The molecule has 36 heavy (non-hydrogen) atoms. The number of hydrogen-bond donors (Lipinski definition) is 1. The Morgan fingerprint density at radius 2 is 1.58 bits per heavy atom. The largest absolute Gasteiger partial charge is 0.333 e. The molecule has 2 aromatic carbocycles. The number of unbranched alkanes of at least 4 members (excludes halogenated alkanes) is 4. The number of hydrogen-bond acceptors (Lipinski definition) is 3. The van der Waals surface area contributed by atoms with Crippen LogP contribution < -0.4 is 5.32 Å². The first-order valence-corrected chi connectivity index (χ1v) is 13.2.